The lowest BCUT2D eigenvalue weighted by Gasteiger charge is -2.11. The lowest BCUT2D eigenvalue weighted by molar-refractivity contribution is -0.143. The van der Waals surface area contributed by atoms with Crippen molar-refractivity contribution in [3.05, 3.63) is 54.1 Å². The number of esters is 1. The molecule has 0 aliphatic carbocycles. The van der Waals surface area contributed by atoms with Crippen LogP contribution in [-0.2, 0) is 16.1 Å². The fourth-order valence-electron chi connectivity index (χ4n) is 2.05. The maximum Gasteiger partial charge on any atom is 0.319 e. The Labute approximate surface area is 133 Å². The predicted molar refractivity (Wildman–Crippen MR) is 84.1 cm³/mol. The largest absolute Gasteiger partial charge is 0.460 e. The summed E-state index contributed by atoms with van der Waals surface area (Å²) in [5.41, 5.74) is 0.884. The van der Waals surface area contributed by atoms with Gasteiger partial charge < -0.3 is 14.2 Å². The minimum Gasteiger partial charge on any atom is -0.460 e. The van der Waals surface area contributed by atoms with E-state index in [2.05, 4.69) is 0 Å². The normalized spacial score (nSPS) is 13.7. The smallest absolute Gasteiger partial charge is 0.319 e. The Morgan fingerprint density at radius 1 is 1.18 bits per heavy atom. The summed E-state index contributed by atoms with van der Waals surface area (Å²) in [4.78, 5) is 13.1. The fourth-order valence-corrected chi connectivity index (χ4v) is 2.94. The molecule has 0 spiro atoms. The molecule has 0 N–H and O–H groups in total. The van der Waals surface area contributed by atoms with Crippen LogP contribution in [0.2, 0.25) is 0 Å². The van der Waals surface area contributed by atoms with E-state index in [4.69, 9.17) is 14.2 Å². The molecule has 0 radical (unpaired) electrons. The Morgan fingerprint density at radius 2 is 1.95 bits per heavy atom. The van der Waals surface area contributed by atoms with E-state index in [0.29, 0.717) is 5.75 Å². The van der Waals surface area contributed by atoms with E-state index < -0.39 is 0 Å². The van der Waals surface area contributed by atoms with Gasteiger partial charge in [-0.15, -0.1) is 11.8 Å². The Balaban J connectivity index is 1.53. The van der Waals surface area contributed by atoms with Crippen molar-refractivity contribution in [3.63, 3.8) is 0 Å². The molecule has 1 aliphatic heterocycles. The van der Waals surface area contributed by atoms with Crippen molar-refractivity contribution in [1.82, 2.24) is 0 Å². The van der Waals surface area contributed by atoms with Crippen LogP contribution in [0.15, 0.2) is 53.4 Å². The standard InChI is InChI=1S/C17H16O4S/c1-12(22-14-5-3-2-4-6-14)17(18)19-10-13-7-8-15-16(9-13)21-11-20-15/h2-9,12H,10-11H2,1H3. The maximum absolute atomic E-state index is 12.1. The van der Waals surface area contributed by atoms with E-state index in [1.807, 2.05) is 55.5 Å². The van der Waals surface area contributed by atoms with E-state index in [9.17, 15) is 4.79 Å². The van der Waals surface area contributed by atoms with Crippen LogP contribution in [0.5, 0.6) is 11.5 Å². The average molecular weight is 316 g/mol. The van der Waals surface area contributed by atoms with Gasteiger partial charge in [0.25, 0.3) is 0 Å². The molecule has 22 heavy (non-hydrogen) atoms. The van der Waals surface area contributed by atoms with Gasteiger partial charge in [0, 0.05) is 4.90 Å². The van der Waals surface area contributed by atoms with E-state index in [1.54, 1.807) is 0 Å². The van der Waals surface area contributed by atoms with Crippen LogP contribution in [0.4, 0.5) is 0 Å². The minimum atomic E-state index is -0.253. The average Bonchev–Trinajstić information content (AvgIpc) is 3.01. The number of thioether (sulfide) groups is 1. The van der Waals surface area contributed by atoms with E-state index in [-0.39, 0.29) is 24.6 Å². The Morgan fingerprint density at radius 3 is 2.77 bits per heavy atom. The topological polar surface area (TPSA) is 44.8 Å². The molecule has 0 aromatic heterocycles. The van der Waals surface area contributed by atoms with Crippen LogP contribution in [0.25, 0.3) is 0 Å². The number of benzene rings is 2. The minimum absolute atomic E-state index is 0.230. The number of hydrogen-bond donors (Lipinski definition) is 0. The van der Waals surface area contributed by atoms with Gasteiger partial charge in [0.15, 0.2) is 11.5 Å². The zero-order valence-corrected chi connectivity index (χ0v) is 13.0. The van der Waals surface area contributed by atoms with Gasteiger partial charge >= 0.3 is 5.97 Å². The molecule has 0 fully saturated rings. The molecular weight excluding hydrogens is 300 g/mol. The zero-order chi connectivity index (χ0) is 15.4. The summed E-state index contributed by atoms with van der Waals surface area (Å²) in [6, 6.07) is 15.3. The van der Waals surface area contributed by atoms with Crippen molar-refractivity contribution >= 4 is 17.7 Å². The van der Waals surface area contributed by atoms with Gasteiger partial charge in [0.05, 0.1) is 0 Å². The van der Waals surface area contributed by atoms with Crippen molar-refractivity contribution in [2.24, 2.45) is 0 Å². The molecule has 1 aliphatic rings. The number of carbonyl (C=O) groups excluding carboxylic acids is 1. The van der Waals surface area contributed by atoms with E-state index in [0.717, 1.165) is 16.2 Å². The van der Waals surface area contributed by atoms with Crippen LogP contribution in [0, 0.1) is 0 Å². The molecular formula is C17H16O4S. The summed E-state index contributed by atoms with van der Waals surface area (Å²) in [6.45, 7) is 2.32. The highest BCUT2D eigenvalue weighted by Crippen LogP contribution is 2.32. The van der Waals surface area contributed by atoms with E-state index in [1.165, 1.54) is 11.8 Å². The first-order chi connectivity index (χ1) is 10.7. The van der Waals surface area contributed by atoms with Crippen LogP contribution in [0.1, 0.15) is 12.5 Å². The van der Waals surface area contributed by atoms with Crippen LogP contribution in [0.3, 0.4) is 0 Å². The molecule has 0 saturated carbocycles. The summed E-state index contributed by atoms with van der Waals surface area (Å²) in [7, 11) is 0. The zero-order valence-electron chi connectivity index (χ0n) is 12.2. The van der Waals surface area contributed by atoms with Crippen molar-refractivity contribution < 1.29 is 19.0 Å². The fraction of sp³-hybridized carbons (Fsp3) is 0.235. The van der Waals surface area contributed by atoms with Crippen molar-refractivity contribution in [3.8, 4) is 11.5 Å². The summed E-state index contributed by atoms with van der Waals surface area (Å²) in [5.74, 6) is 1.19. The molecule has 5 heteroatoms. The highest BCUT2D eigenvalue weighted by molar-refractivity contribution is 8.00. The van der Waals surface area contributed by atoms with Crippen molar-refractivity contribution in [2.75, 3.05) is 6.79 Å². The van der Waals surface area contributed by atoms with Gasteiger partial charge in [-0.25, -0.2) is 0 Å². The second-order valence-electron chi connectivity index (χ2n) is 4.87. The quantitative estimate of drug-likeness (QED) is 0.622. The van der Waals surface area contributed by atoms with Gasteiger partial charge in [0.1, 0.15) is 11.9 Å². The summed E-state index contributed by atoms with van der Waals surface area (Å²) in [6.07, 6.45) is 0. The first kappa shape index (κ1) is 14.8. The molecule has 1 atom stereocenters. The van der Waals surface area contributed by atoms with Crippen molar-refractivity contribution in [2.45, 2.75) is 23.7 Å². The first-order valence-corrected chi connectivity index (χ1v) is 7.87. The third-order valence-electron chi connectivity index (χ3n) is 3.21. The molecule has 1 unspecified atom stereocenters. The lowest BCUT2D eigenvalue weighted by Crippen LogP contribution is -2.16. The first-order valence-electron chi connectivity index (χ1n) is 6.99. The van der Waals surface area contributed by atoms with Gasteiger partial charge in [0.2, 0.25) is 6.79 Å². The van der Waals surface area contributed by atoms with Gasteiger partial charge in [-0.3, -0.25) is 4.79 Å². The molecule has 0 saturated heterocycles. The predicted octanol–water partition coefficient (Wildman–Crippen LogP) is 3.64. The molecule has 114 valence electrons. The lowest BCUT2D eigenvalue weighted by atomic mass is 10.2. The Bertz CT molecular complexity index is 657. The molecule has 0 amide bonds. The van der Waals surface area contributed by atoms with Crippen LogP contribution < -0.4 is 9.47 Å². The third kappa shape index (κ3) is 3.54. The summed E-state index contributed by atoms with van der Waals surface area (Å²) in [5, 5.41) is -0.253. The number of rotatable bonds is 5. The molecule has 1 heterocycles. The van der Waals surface area contributed by atoms with Crippen LogP contribution >= 0.6 is 11.8 Å². The number of hydrogen-bond acceptors (Lipinski definition) is 5. The Kier molecular flexibility index (Phi) is 4.53. The number of fused-ring (bicyclic) bond motifs is 1. The van der Waals surface area contributed by atoms with Gasteiger partial charge in [-0.1, -0.05) is 24.3 Å². The van der Waals surface area contributed by atoms with Gasteiger partial charge in [-0.05, 0) is 36.8 Å². The number of carbonyl (C=O) groups is 1. The monoisotopic (exact) mass is 316 g/mol. The molecule has 3 rings (SSSR count). The maximum atomic E-state index is 12.1. The third-order valence-corrected chi connectivity index (χ3v) is 4.30. The Hall–Kier alpha value is -2.14. The second kappa shape index (κ2) is 6.75. The second-order valence-corrected chi connectivity index (χ2v) is 6.28. The molecule has 2 aromatic rings. The SMILES string of the molecule is CC(Sc1ccccc1)C(=O)OCc1ccc2c(c1)OCO2. The highest BCUT2D eigenvalue weighted by Gasteiger charge is 2.17. The van der Waals surface area contributed by atoms with E-state index >= 15 is 0 Å². The highest BCUT2D eigenvalue weighted by atomic mass is 32.2. The van der Waals surface area contributed by atoms with Crippen LogP contribution in [-0.4, -0.2) is 18.0 Å². The van der Waals surface area contributed by atoms with Crippen molar-refractivity contribution in [1.29, 1.82) is 0 Å². The molecule has 4 nitrogen and oxygen atoms in total. The molecule has 0 bridgehead atoms. The number of ether oxygens (including phenoxy) is 3. The van der Waals surface area contributed by atoms with Gasteiger partial charge in [-0.2, -0.15) is 0 Å². The molecule has 2 aromatic carbocycles. The summed E-state index contributed by atoms with van der Waals surface area (Å²) >= 11 is 1.49. The summed E-state index contributed by atoms with van der Waals surface area (Å²) < 4.78 is 15.9.